The quantitative estimate of drug-likeness (QED) is 0.352. The molecule has 14 heavy (non-hydrogen) atoms. The molecule has 5 nitrogen and oxygen atoms in total. The van der Waals surface area contributed by atoms with Gasteiger partial charge in [0.1, 0.15) is 5.02 Å². The first-order valence-electron chi connectivity index (χ1n) is 3.72. The van der Waals surface area contributed by atoms with E-state index in [2.05, 4.69) is 4.99 Å². The topological polar surface area (TPSA) is 81.5 Å². The van der Waals surface area contributed by atoms with Gasteiger partial charge in [0.05, 0.1) is 4.92 Å². The van der Waals surface area contributed by atoms with Crippen molar-refractivity contribution >= 4 is 29.2 Å². The second-order valence-electron chi connectivity index (χ2n) is 2.58. The van der Waals surface area contributed by atoms with Crippen LogP contribution < -0.4 is 5.73 Å². The van der Waals surface area contributed by atoms with Gasteiger partial charge in [-0.25, -0.2) is 0 Å². The summed E-state index contributed by atoms with van der Waals surface area (Å²) in [6.45, 7) is 0. The molecule has 0 bridgehead atoms. The van der Waals surface area contributed by atoms with Crippen molar-refractivity contribution in [3.63, 3.8) is 0 Å². The lowest BCUT2D eigenvalue weighted by atomic mass is 10.2. The largest absolute Gasteiger partial charge is 0.398 e. The number of nitrogens with two attached hydrogens (primary N) is 1. The Balaban J connectivity index is 3.34. The number of nitrogens with zero attached hydrogens (tertiary/aromatic N) is 2. The van der Waals surface area contributed by atoms with Crippen LogP contribution in [-0.2, 0) is 0 Å². The van der Waals surface area contributed by atoms with Crippen LogP contribution in [0.3, 0.4) is 0 Å². The average molecular weight is 214 g/mol. The first-order valence-corrected chi connectivity index (χ1v) is 4.09. The second-order valence-corrected chi connectivity index (χ2v) is 2.98. The summed E-state index contributed by atoms with van der Waals surface area (Å²) in [4.78, 5) is 13.7. The number of hydrogen-bond acceptors (Lipinski definition) is 4. The van der Waals surface area contributed by atoms with E-state index in [-0.39, 0.29) is 10.7 Å². The van der Waals surface area contributed by atoms with Crippen molar-refractivity contribution in [2.75, 3.05) is 12.8 Å². The van der Waals surface area contributed by atoms with Gasteiger partial charge in [0, 0.05) is 30.6 Å². The molecule has 0 spiro atoms. The second kappa shape index (κ2) is 4.06. The summed E-state index contributed by atoms with van der Waals surface area (Å²) in [7, 11) is 1.56. The molecule has 0 amide bonds. The Kier molecular flexibility index (Phi) is 3.03. The number of aliphatic imine (C=N–C) groups is 1. The molecule has 0 radical (unpaired) electrons. The molecular formula is C8H8ClN3O2. The zero-order valence-corrected chi connectivity index (χ0v) is 8.15. The smallest absolute Gasteiger partial charge is 0.288 e. The maximum Gasteiger partial charge on any atom is 0.288 e. The number of hydrogen-bond donors (Lipinski definition) is 1. The third-order valence-corrected chi connectivity index (χ3v) is 1.92. The van der Waals surface area contributed by atoms with Gasteiger partial charge in [0.15, 0.2) is 0 Å². The number of nitrogen functional groups attached to an aromatic ring is 1. The molecule has 2 N–H and O–H groups in total. The van der Waals surface area contributed by atoms with Crippen molar-refractivity contribution in [2.24, 2.45) is 4.99 Å². The maximum absolute atomic E-state index is 10.5. The lowest BCUT2D eigenvalue weighted by Crippen LogP contribution is -1.97. The number of halogens is 1. The summed E-state index contributed by atoms with van der Waals surface area (Å²) in [6.07, 6.45) is 1.44. The third-order valence-electron chi connectivity index (χ3n) is 1.62. The van der Waals surface area contributed by atoms with Crippen molar-refractivity contribution < 1.29 is 4.92 Å². The zero-order chi connectivity index (χ0) is 10.7. The Hall–Kier alpha value is -1.62. The van der Waals surface area contributed by atoms with Gasteiger partial charge in [-0.05, 0) is 6.07 Å². The van der Waals surface area contributed by atoms with Crippen LogP contribution in [0.1, 0.15) is 5.56 Å². The lowest BCUT2D eigenvalue weighted by molar-refractivity contribution is -0.384. The molecular weight excluding hydrogens is 206 g/mol. The van der Waals surface area contributed by atoms with Crippen LogP contribution in [0.2, 0.25) is 5.02 Å². The zero-order valence-electron chi connectivity index (χ0n) is 7.40. The highest BCUT2D eigenvalue weighted by molar-refractivity contribution is 6.33. The number of nitro benzene ring substituents is 1. The van der Waals surface area contributed by atoms with Crippen LogP contribution in [0.4, 0.5) is 11.4 Å². The predicted octanol–water partition coefficient (Wildman–Crippen LogP) is 1.88. The minimum atomic E-state index is -0.561. The van der Waals surface area contributed by atoms with Crippen LogP contribution in [0.15, 0.2) is 17.1 Å². The molecule has 0 atom stereocenters. The molecule has 0 saturated carbocycles. The summed E-state index contributed by atoms with van der Waals surface area (Å²) in [5.41, 5.74) is 6.26. The maximum atomic E-state index is 10.5. The van der Waals surface area contributed by atoms with E-state index in [0.29, 0.717) is 11.3 Å². The van der Waals surface area contributed by atoms with E-state index < -0.39 is 4.92 Å². The number of benzene rings is 1. The Labute approximate surface area is 85.4 Å². The minimum Gasteiger partial charge on any atom is -0.398 e. The lowest BCUT2D eigenvalue weighted by Gasteiger charge is -2.01. The monoisotopic (exact) mass is 213 g/mol. The molecule has 0 heterocycles. The normalized spacial score (nSPS) is 10.7. The van der Waals surface area contributed by atoms with Crippen molar-refractivity contribution in [1.29, 1.82) is 0 Å². The minimum absolute atomic E-state index is 0.0285. The van der Waals surface area contributed by atoms with Gasteiger partial charge in [0.2, 0.25) is 0 Å². The van der Waals surface area contributed by atoms with Gasteiger partial charge in [-0.1, -0.05) is 11.6 Å². The van der Waals surface area contributed by atoms with Crippen LogP contribution in [-0.4, -0.2) is 18.2 Å². The molecule has 0 aliphatic heterocycles. The summed E-state index contributed by atoms with van der Waals surface area (Å²) in [5.74, 6) is 0. The van der Waals surface area contributed by atoms with E-state index >= 15 is 0 Å². The van der Waals surface area contributed by atoms with E-state index in [9.17, 15) is 10.1 Å². The predicted molar refractivity (Wildman–Crippen MR) is 56.0 cm³/mol. The SMILES string of the molecule is CN=Cc1cc([N+](=O)[O-])c(Cl)cc1N. The van der Waals surface area contributed by atoms with Gasteiger partial charge >= 0.3 is 0 Å². The Morgan fingerprint density at radius 1 is 1.64 bits per heavy atom. The molecule has 74 valence electrons. The molecule has 0 aliphatic rings. The van der Waals surface area contributed by atoms with Crippen LogP contribution in [0.25, 0.3) is 0 Å². The highest BCUT2D eigenvalue weighted by atomic mass is 35.5. The van der Waals surface area contributed by atoms with Gasteiger partial charge in [-0.2, -0.15) is 0 Å². The highest BCUT2D eigenvalue weighted by Crippen LogP contribution is 2.28. The Morgan fingerprint density at radius 3 is 2.79 bits per heavy atom. The highest BCUT2D eigenvalue weighted by Gasteiger charge is 2.14. The standard InChI is InChI=1S/C8H8ClN3O2/c1-11-4-5-2-8(12(13)14)6(9)3-7(5)10/h2-4H,10H2,1H3. The fourth-order valence-electron chi connectivity index (χ4n) is 0.984. The number of nitro groups is 1. The van der Waals surface area contributed by atoms with Gasteiger partial charge in [-0.15, -0.1) is 0 Å². The average Bonchev–Trinajstić information content (AvgIpc) is 2.09. The van der Waals surface area contributed by atoms with E-state index in [0.717, 1.165) is 0 Å². The first kappa shape index (κ1) is 10.5. The van der Waals surface area contributed by atoms with E-state index in [1.165, 1.54) is 18.3 Å². The molecule has 0 fully saturated rings. The molecule has 1 aromatic rings. The van der Waals surface area contributed by atoms with Crippen LogP contribution >= 0.6 is 11.6 Å². The fraction of sp³-hybridized carbons (Fsp3) is 0.125. The van der Waals surface area contributed by atoms with Crippen molar-refractivity contribution in [2.45, 2.75) is 0 Å². The number of anilines is 1. The summed E-state index contributed by atoms with van der Waals surface area (Å²) < 4.78 is 0. The Bertz CT molecular complexity index is 404. The van der Waals surface area contributed by atoms with Crippen molar-refractivity contribution in [3.8, 4) is 0 Å². The molecule has 6 heteroatoms. The number of rotatable bonds is 2. The van der Waals surface area contributed by atoms with Crippen LogP contribution in [0, 0.1) is 10.1 Å². The summed E-state index contributed by atoms with van der Waals surface area (Å²) in [6, 6.07) is 2.64. The first-order chi connectivity index (χ1) is 6.56. The van der Waals surface area contributed by atoms with E-state index in [1.54, 1.807) is 7.05 Å². The molecule has 1 rings (SSSR count). The third kappa shape index (κ3) is 2.00. The molecule has 0 aliphatic carbocycles. The van der Waals surface area contributed by atoms with Crippen LogP contribution in [0.5, 0.6) is 0 Å². The van der Waals surface area contributed by atoms with Crippen molar-refractivity contribution in [1.82, 2.24) is 0 Å². The van der Waals surface area contributed by atoms with Gasteiger partial charge in [0.25, 0.3) is 5.69 Å². The summed E-state index contributed by atoms with van der Waals surface area (Å²) in [5, 5.41) is 10.6. The molecule has 0 saturated heterocycles. The van der Waals surface area contributed by atoms with E-state index in [1.807, 2.05) is 0 Å². The van der Waals surface area contributed by atoms with Gasteiger partial charge in [-0.3, -0.25) is 15.1 Å². The van der Waals surface area contributed by atoms with Crippen molar-refractivity contribution in [3.05, 3.63) is 32.8 Å². The molecule has 0 unspecified atom stereocenters. The molecule has 1 aromatic carbocycles. The Morgan fingerprint density at radius 2 is 2.29 bits per heavy atom. The summed E-state index contributed by atoms with van der Waals surface area (Å²) >= 11 is 5.63. The van der Waals surface area contributed by atoms with E-state index in [4.69, 9.17) is 17.3 Å². The fourth-order valence-corrected chi connectivity index (χ4v) is 1.23. The molecule has 0 aromatic heterocycles. The van der Waals surface area contributed by atoms with Gasteiger partial charge < -0.3 is 5.73 Å².